The fraction of sp³-hybridized carbons (Fsp3) is 0. The molecule has 0 atom stereocenters. The van der Waals surface area contributed by atoms with Gasteiger partial charge in [-0.25, -0.2) is 0 Å². The molecule has 0 spiro atoms. The number of fused-ring (bicyclic) bond motifs is 3. The number of rotatable bonds is 3. The number of thiophene rings is 1. The molecule has 0 aliphatic rings. The minimum absolute atomic E-state index is 1.00. The second-order valence-electron chi connectivity index (χ2n) is 8.81. The van der Waals surface area contributed by atoms with Gasteiger partial charge in [0.25, 0.3) is 0 Å². The molecular weight excluding hydrogens is 442 g/mol. The highest BCUT2D eigenvalue weighted by atomic mass is 32.1. The van der Waals surface area contributed by atoms with Gasteiger partial charge in [-0.3, -0.25) is 4.98 Å². The summed E-state index contributed by atoms with van der Waals surface area (Å²) in [5, 5.41) is 9.58. The molecule has 2 aromatic heterocycles. The lowest BCUT2D eigenvalue weighted by atomic mass is 9.86. The van der Waals surface area contributed by atoms with Crippen molar-refractivity contribution in [2.45, 2.75) is 0 Å². The summed E-state index contributed by atoms with van der Waals surface area (Å²) in [5.41, 5.74) is 5.87. The van der Waals surface area contributed by atoms with Crippen LogP contribution >= 0.6 is 11.3 Å². The van der Waals surface area contributed by atoms with Gasteiger partial charge in [0.1, 0.15) is 0 Å². The molecule has 0 radical (unpaired) electrons. The lowest BCUT2D eigenvalue weighted by Crippen LogP contribution is -1.92. The molecule has 1 nitrogen and oxygen atoms in total. The fourth-order valence-corrected chi connectivity index (χ4v) is 5.91. The number of hydrogen-bond acceptors (Lipinski definition) is 2. The molecule has 0 aliphatic heterocycles. The van der Waals surface area contributed by atoms with Crippen molar-refractivity contribution in [1.29, 1.82) is 0 Å². The van der Waals surface area contributed by atoms with Crippen LogP contribution in [0.1, 0.15) is 0 Å². The zero-order chi connectivity index (χ0) is 23.2. The number of benzene rings is 5. The minimum atomic E-state index is 1.00. The summed E-state index contributed by atoms with van der Waals surface area (Å²) in [6.07, 6.45) is 2.00. The van der Waals surface area contributed by atoms with Crippen LogP contribution < -0.4 is 0 Å². The normalized spacial score (nSPS) is 11.4. The van der Waals surface area contributed by atoms with Gasteiger partial charge >= 0.3 is 0 Å². The summed E-state index contributed by atoms with van der Waals surface area (Å²) < 4.78 is 0. The second kappa shape index (κ2) is 8.19. The first-order valence-corrected chi connectivity index (χ1v) is 12.7. The summed E-state index contributed by atoms with van der Waals surface area (Å²) in [4.78, 5) is 6.20. The Hall–Kier alpha value is -4.27. The maximum Gasteiger partial charge on any atom is 0.0714 e. The van der Waals surface area contributed by atoms with E-state index in [2.05, 4.69) is 121 Å². The standard InChI is InChI=1S/C33H21NS/c1-2-9-23-20-24(16-15-22(23)8-1)32-26-10-3-5-12-28(26)33(29-13-6-4-11-27(29)32)30-18-17-25(21-34-30)31-14-7-19-35-31/h1-21H. The minimum Gasteiger partial charge on any atom is -0.256 e. The molecule has 7 rings (SSSR count). The number of pyridine rings is 1. The molecule has 2 heteroatoms. The van der Waals surface area contributed by atoms with E-state index in [4.69, 9.17) is 4.98 Å². The Kier molecular flexibility index (Phi) is 4.71. The second-order valence-corrected chi connectivity index (χ2v) is 9.76. The van der Waals surface area contributed by atoms with Crippen molar-refractivity contribution in [1.82, 2.24) is 4.98 Å². The summed E-state index contributed by atoms with van der Waals surface area (Å²) in [6.45, 7) is 0. The zero-order valence-electron chi connectivity index (χ0n) is 19.0. The van der Waals surface area contributed by atoms with Gasteiger partial charge in [0.15, 0.2) is 0 Å². The van der Waals surface area contributed by atoms with Gasteiger partial charge in [0.05, 0.1) is 5.69 Å². The SMILES string of the molecule is c1csc(-c2ccc(-c3c4ccccc4c(-c4ccc5ccccc5c4)c4ccccc34)nc2)c1. The van der Waals surface area contributed by atoms with Crippen molar-refractivity contribution in [3.63, 3.8) is 0 Å². The predicted octanol–water partition coefficient (Wildman–Crippen LogP) is 9.60. The number of hydrogen-bond donors (Lipinski definition) is 0. The molecule has 0 saturated carbocycles. The van der Waals surface area contributed by atoms with E-state index in [9.17, 15) is 0 Å². The summed E-state index contributed by atoms with van der Waals surface area (Å²) >= 11 is 1.74. The third-order valence-corrected chi connectivity index (χ3v) is 7.71. The molecule has 5 aromatic carbocycles. The maximum atomic E-state index is 4.96. The van der Waals surface area contributed by atoms with E-state index in [-0.39, 0.29) is 0 Å². The highest BCUT2D eigenvalue weighted by Gasteiger charge is 2.17. The van der Waals surface area contributed by atoms with Crippen molar-refractivity contribution < 1.29 is 0 Å². The van der Waals surface area contributed by atoms with Crippen LogP contribution in [0, 0.1) is 0 Å². The first-order valence-electron chi connectivity index (χ1n) is 11.8. The quantitative estimate of drug-likeness (QED) is 0.238. The zero-order valence-corrected chi connectivity index (χ0v) is 19.8. The van der Waals surface area contributed by atoms with Crippen LogP contribution in [0.3, 0.4) is 0 Å². The maximum absolute atomic E-state index is 4.96. The first kappa shape index (κ1) is 20.1. The van der Waals surface area contributed by atoms with E-state index in [1.54, 1.807) is 11.3 Å². The molecule has 0 fully saturated rings. The molecule has 164 valence electrons. The fourth-order valence-electron chi connectivity index (χ4n) is 5.19. The molecular formula is C33H21NS. The largest absolute Gasteiger partial charge is 0.256 e. The van der Waals surface area contributed by atoms with E-state index >= 15 is 0 Å². The average Bonchev–Trinajstić information content (AvgIpc) is 3.47. The average molecular weight is 464 g/mol. The first-order chi connectivity index (χ1) is 17.4. The Morgan fingerprint density at radius 3 is 1.74 bits per heavy atom. The monoisotopic (exact) mass is 463 g/mol. The van der Waals surface area contributed by atoms with Gasteiger partial charge in [-0.15, -0.1) is 11.3 Å². The van der Waals surface area contributed by atoms with E-state index in [1.165, 1.54) is 53.9 Å². The Balaban J connectivity index is 1.52. The predicted molar refractivity (Wildman–Crippen MR) is 151 cm³/mol. The van der Waals surface area contributed by atoms with Gasteiger partial charge in [0, 0.05) is 22.2 Å². The third-order valence-electron chi connectivity index (χ3n) is 6.79. The van der Waals surface area contributed by atoms with Crippen LogP contribution in [0.2, 0.25) is 0 Å². The van der Waals surface area contributed by atoms with Crippen LogP contribution in [0.25, 0.3) is 65.1 Å². The van der Waals surface area contributed by atoms with Gasteiger partial charge in [0.2, 0.25) is 0 Å². The number of aromatic nitrogens is 1. The molecule has 0 saturated heterocycles. The summed E-state index contributed by atoms with van der Waals surface area (Å²) in [5.74, 6) is 0. The van der Waals surface area contributed by atoms with Crippen molar-refractivity contribution in [3.05, 3.63) is 127 Å². The van der Waals surface area contributed by atoms with E-state index < -0.39 is 0 Å². The Bertz CT molecular complexity index is 1770. The van der Waals surface area contributed by atoms with Gasteiger partial charge in [-0.05, 0) is 73.1 Å². The van der Waals surface area contributed by atoms with E-state index in [1.807, 2.05) is 6.20 Å². The Labute approximate surface area is 208 Å². The highest BCUT2D eigenvalue weighted by molar-refractivity contribution is 7.13. The van der Waals surface area contributed by atoms with Crippen LogP contribution in [-0.2, 0) is 0 Å². The Morgan fingerprint density at radius 2 is 1.11 bits per heavy atom. The third kappa shape index (κ3) is 3.34. The smallest absolute Gasteiger partial charge is 0.0714 e. The molecule has 0 N–H and O–H groups in total. The van der Waals surface area contributed by atoms with Gasteiger partial charge in [-0.2, -0.15) is 0 Å². The van der Waals surface area contributed by atoms with Gasteiger partial charge in [-0.1, -0.05) is 91.0 Å². The molecule has 2 heterocycles. The van der Waals surface area contributed by atoms with Gasteiger partial charge < -0.3 is 0 Å². The topological polar surface area (TPSA) is 12.9 Å². The Morgan fingerprint density at radius 1 is 0.486 bits per heavy atom. The lowest BCUT2D eigenvalue weighted by Gasteiger charge is -2.17. The van der Waals surface area contributed by atoms with E-state index in [0.717, 1.165) is 11.3 Å². The van der Waals surface area contributed by atoms with Crippen LogP contribution in [0.5, 0.6) is 0 Å². The lowest BCUT2D eigenvalue weighted by molar-refractivity contribution is 1.34. The molecule has 0 aliphatic carbocycles. The molecule has 0 bridgehead atoms. The van der Waals surface area contributed by atoms with Crippen molar-refractivity contribution in [2.75, 3.05) is 0 Å². The van der Waals surface area contributed by atoms with Crippen LogP contribution in [0.15, 0.2) is 127 Å². The van der Waals surface area contributed by atoms with Crippen LogP contribution in [-0.4, -0.2) is 4.98 Å². The van der Waals surface area contributed by atoms with Crippen molar-refractivity contribution >= 4 is 43.7 Å². The van der Waals surface area contributed by atoms with Crippen molar-refractivity contribution in [3.8, 4) is 32.8 Å². The van der Waals surface area contributed by atoms with E-state index in [0.29, 0.717) is 0 Å². The van der Waals surface area contributed by atoms with Crippen LogP contribution in [0.4, 0.5) is 0 Å². The molecule has 0 amide bonds. The molecule has 7 aromatic rings. The molecule has 0 unspecified atom stereocenters. The summed E-state index contributed by atoms with van der Waals surface area (Å²) in [7, 11) is 0. The molecule has 35 heavy (non-hydrogen) atoms. The number of nitrogens with zero attached hydrogens (tertiary/aromatic N) is 1. The highest BCUT2D eigenvalue weighted by Crippen LogP contribution is 2.43. The van der Waals surface area contributed by atoms with Crippen molar-refractivity contribution in [2.24, 2.45) is 0 Å². The summed E-state index contributed by atoms with van der Waals surface area (Å²) in [6, 6.07) is 41.4.